The van der Waals surface area contributed by atoms with Crippen molar-refractivity contribution in [2.24, 2.45) is 0 Å². The molecule has 0 aliphatic heterocycles. The predicted octanol–water partition coefficient (Wildman–Crippen LogP) is 0.00620. The first-order valence-electron chi connectivity index (χ1n) is 14.8. The summed E-state index contributed by atoms with van der Waals surface area (Å²) in [4.78, 5) is 56.8. The second-order valence-corrected chi connectivity index (χ2v) is 12.5. The van der Waals surface area contributed by atoms with Crippen molar-refractivity contribution in [2.75, 3.05) is 19.0 Å². The first-order valence-corrected chi connectivity index (χ1v) is 17.2. The van der Waals surface area contributed by atoms with Crippen LogP contribution < -0.4 is 68.9 Å². The van der Waals surface area contributed by atoms with Crippen LogP contribution in [0, 0.1) is 0 Å². The van der Waals surface area contributed by atoms with Crippen molar-refractivity contribution >= 4 is 36.6 Å². The van der Waals surface area contributed by atoms with Crippen molar-refractivity contribution in [3.8, 4) is 0 Å². The molecule has 0 aromatic rings. The minimum absolute atomic E-state index is 0. The number of carbonyl (C=O) groups excluding carboxylic acids is 3. The van der Waals surface area contributed by atoms with Crippen LogP contribution in [0.25, 0.3) is 0 Å². The number of phosphoric acid groups is 1. The van der Waals surface area contributed by atoms with Gasteiger partial charge >= 0.3 is 71.1 Å². The number of hydrogen-bond acceptors (Lipinski definition) is 10. The molecule has 0 aromatic heterocycles. The molecule has 1 atom stereocenters. The summed E-state index contributed by atoms with van der Waals surface area (Å²) in [7, 11) is -5.24. The van der Waals surface area contributed by atoms with Crippen molar-refractivity contribution in [3.63, 3.8) is 0 Å². The zero-order chi connectivity index (χ0) is 29.2. The Morgan fingerprint density at radius 3 is 1.59 bits per heavy atom. The molecule has 0 heterocycles. The molecule has 0 bridgehead atoms. The van der Waals surface area contributed by atoms with Gasteiger partial charge in [0.1, 0.15) is 6.61 Å². The Morgan fingerprint density at radius 1 is 0.683 bits per heavy atom. The van der Waals surface area contributed by atoms with Crippen LogP contribution in [0.1, 0.15) is 136 Å². The Bertz CT molecular complexity index is 695. The Kier molecular flexibility index (Phi) is 36.8. The molecule has 0 aliphatic carbocycles. The Labute approximate surface area is 297 Å². The number of thioether (sulfide) groups is 1. The van der Waals surface area contributed by atoms with Gasteiger partial charge in [0.15, 0.2) is 11.2 Å². The third kappa shape index (κ3) is 37.2. The molecule has 230 valence electrons. The van der Waals surface area contributed by atoms with Gasteiger partial charge in [-0.1, -0.05) is 109 Å². The third-order valence-electron chi connectivity index (χ3n) is 6.21. The standard InChI is InChI=1S/C28H53O9PS.2Na/c1-3-4-5-6-7-8-12-15-18-21-28(31)37-26(24-36-38(32,33)34)23-35-27(30)20-17-14-11-9-10-13-16-19-22-39-25(2)29;;/h26H,3-24H2,1-2H3,(H2,32,33,34);;/q;2*+1/p-2/t26-;;/m1../s1. The van der Waals surface area contributed by atoms with Crippen molar-refractivity contribution in [1.82, 2.24) is 0 Å². The summed E-state index contributed by atoms with van der Waals surface area (Å²) in [6.07, 6.45) is 17.3. The average Bonchev–Trinajstić information content (AvgIpc) is 2.87. The molecule has 0 saturated heterocycles. The molecule has 0 aromatic carbocycles. The van der Waals surface area contributed by atoms with E-state index in [1.54, 1.807) is 6.92 Å². The number of esters is 2. The number of ether oxygens (including phenoxy) is 2. The Hall–Kier alpha value is 1.07. The van der Waals surface area contributed by atoms with Gasteiger partial charge in [0, 0.05) is 25.5 Å². The molecule has 41 heavy (non-hydrogen) atoms. The van der Waals surface area contributed by atoms with Crippen LogP contribution >= 0.6 is 19.6 Å². The third-order valence-corrected chi connectivity index (χ3v) is 7.58. The van der Waals surface area contributed by atoms with Gasteiger partial charge in [-0.05, 0) is 19.3 Å². The van der Waals surface area contributed by atoms with Gasteiger partial charge in [-0.3, -0.25) is 14.4 Å². The first kappa shape index (κ1) is 46.5. The molecule has 0 N–H and O–H groups in total. The van der Waals surface area contributed by atoms with E-state index < -0.39 is 32.5 Å². The molecule has 0 rings (SSSR count). The van der Waals surface area contributed by atoms with Crippen LogP contribution in [0.4, 0.5) is 0 Å². The van der Waals surface area contributed by atoms with E-state index in [9.17, 15) is 28.7 Å². The van der Waals surface area contributed by atoms with E-state index in [4.69, 9.17) is 9.47 Å². The van der Waals surface area contributed by atoms with Gasteiger partial charge in [0.2, 0.25) is 0 Å². The topological polar surface area (TPSA) is 142 Å². The molecule has 0 fully saturated rings. The summed E-state index contributed by atoms with van der Waals surface area (Å²) in [6.45, 7) is 2.75. The number of hydrogen-bond donors (Lipinski definition) is 0. The number of phosphoric ester groups is 1. The van der Waals surface area contributed by atoms with E-state index in [0.29, 0.717) is 12.8 Å². The van der Waals surface area contributed by atoms with Crippen LogP contribution in [-0.4, -0.2) is 42.1 Å². The average molecular weight is 641 g/mol. The zero-order valence-corrected chi connectivity index (χ0v) is 31.9. The minimum atomic E-state index is -5.24. The second kappa shape index (κ2) is 32.5. The first-order chi connectivity index (χ1) is 18.6. The van der Waals surface area contributed by atoms with Gasteiger partial charge in [-0.2, -0.15) is 0 Å². The summed E-state index contributed by atoms with van der Waals surface area (Å²) in [5.41, 5.74) is 0. The summed E-state index contributed by atoms with van der Waals surface area (Å²) in [6, 6.07) is 0. The number of carbonyl (C=O) groups is 3. The van der Waals surface area contributed by atoms with Crippen LogP contribution in [0.15, 0.2) is 0 Å². The number of rotatable bonds is 27. The fourth-order valence-electron chi connectivity index (χ4n) is 4.02. The van der Waals surface area contributed by atoms with Gasteiger partial charge in [-0.15, -0.1) is 0 Å². The maximum Gasteiger partial charge on any atom is 1.00 e. The molecule has 0 aliphatic rings. The largest absolute Gasteiger partial charge is 1.00 e. The van der Waals surface area contributed by atoms with E-state index in [1.807, 2.05) is 0 Å². The van der Waals surface area contributed by atoms with Crippen molar-refractivity contribution in [1.29, 1.82) is 0 Å². The summed E-state index contributed by atoms with van der Waals surface area (Å²) in [5, 5.41) is 0.165. The van der Waals surface area contributed by atoms with E-state index in [-0.39, 0.29) is 83.7 Å². The van der Waals surface area contributed by atoms with E-state index in [0.717, 1.165) is 70.0 Å². The van der Waals surface area contributed by atoms with Crippen LogP contribution in [0.3, 0.4) is 0 Å². The van der Waals surface area contributed by atoms with Crippen molar-refractivity contribution < 1.29 is 102 Å². The van der Waals surface area contributed by atoms with Gasteiger partial charge < -0.3 is 28.3 Å². The Morgan fingerprint density at radius 2 is 1.12 bits per heavy atom. The normalized spacial score (nSPS) is 11.7. The van der Waals surface area contributed by atoms with Crippen LogP contribution in [-0.2, 0) is 32.9 Å². The van der Waals surface area contributed by atoms with Crippen LogP contribution in [0.5, 0.6) is 0 Å². The molecule has 0 radical (unpaired) electrons. The predicted molar refractivity (Wildman–Crippen MR) is 151 cm³/mol. The SMILES string of the molecule is CCCCCCCCCCCC(=O)O[C@H](COC(=O)CCCCCCCCCCSC(C)=O)COP(=O)([O-])[O-].[Na+].[Na+]. The van der Waals surface area contributed by atoms with Crippen molar-refractivity contribution in [2.45, 2.75) is 142 Å². The molecule has 0 saturated carbocycles. The van der Waals surface area contributed by atoms with Crippen LogP contribution in [0.2, 0.25) is 0 Å². The van der Waals surface area contributed by atoms with E-state index in [1.165, 1.54) is 43.9 Å². The fourth-order valence-corrected chi connectivity index (χ4v) is 5.01. The molecule has 0 amide bonds. The van der Waals surface area contributed by atoms with Gasteiger partial charge in [-0.25, -0.2) is 0 Å². The smallest absolute Gasteiger partial charge is 0.790 e. The summed E-state index contributed by atoms with van der Waals surface area (Å²) < 4.78 is 25.5. The van der Waals surface area contributed by atoms with E-state index in [2.05, 4.69) is 11.4 Å². The van der Waals surface area contributed by atoms with Gasteiger partial charge in [0.05, 0.1) is 14.4 Å². The van der Waals surface area contributed by atoms with Crippen molar-refractivity contribution in [3.05, 3.63) is 0 Å². The Balaban J connectivity index is -0.00000722. The maximum atomic E-state index is 12.2. The quantitative estimate of drug-likeness (QED) is 0.0522. The fraction of sp³-hybridized carbons (Fsp3) is 0.893. The maximum absolute atomic E-state index is 12.2. The number of unbranched alkanes of at least 4 members (excludes halogenated alkanes) is 15. The molecule has 13 heteroatoms. The molecular weight excluding hydrogens is 589 g/mol. The molecule has 0 unspecified atom stereocenters. The zero-order valence-electron chi connectivity index (χ0n) is 26.2. The minimum Gasteiger partial charge on any atom is -0.790 e. The monoisotopic (exact) mass is 640 g/mol. The van der Waals surface area contributed by atoms with Gasteiger partial charge in [0.25, 0.3) is 0 Å². The van der Waals surface area contributed by atoms with E-state index >= 15 is 0 Å². The second-order valence-electron chi connectivity index (χ2n) is 10.0. The summed E-state index contributed by atoms with van der Waals surface area (Å²) >= 11 is 1.37. The molecule has 0 spiro atoms. The summed E-state index contributed by atoms with van der Waals surface area (Å²) in [5.74, 6) is -0.118. The molecule has 9 nitrogen and oxygen atoms in total. The molecular formula is C28H51Na2O9PS.